The average molecular weight is 500 g/mol. The van der Waals surface area contributed by atoms with Crippen LogP contribution in [0.1, 0.15) is 31.7 Å². The quantitative estimate of drug-likeness (QED) is 0.276. The Kier molecular flexibility index (Phi) is 9.01. The van der Waals surface area contributed by atoms with E-state index in [0.29, 0.717) is 18.9 Å². The van der Waals surface area contributed by atoms with Crippen LogP contribution in [0.4, 0.5) is 0 Å². The highest BCUT2D eigenvalue weighted by Gasteiger charge is 2.41. The van der Waals surface area contributed by atoms with Gasteiger partial charge in [-0.2, -0.15) is 0 Å². The largest absolute Gasteiger partial charge is 0.396 e. The van der Waals surface area contributed by atoms with Gasteiger partial charge < -0.3 is 20.6 Å². The maximum absolute atomic E-state index is 12.3. The van der Waals surface area contributed by atoms with Crippen molar-refractivity contribution >= 4 is 35.8 Å². The van der Waals surface area contributed by atoms with Crippen LogP contribution in [0.5, 0.6) is 0 Å². The number of guanidine groups is 1. The first-order chi connectivity index (χ1) is 13.1. The molecule has 2 fully saturated rings. The summed E-state index contributed by atoms with van der Waals surface area (Å²) in [7, 11) is 0. The van der Waals surface area contributed by atoms with Crippen LogP contribution in [0.15, 0.2) is 35.3 Å². The highest BCUT2D eigenvalue weighted by molar-refractivity contribution is 14.0. The maximum atomic E-state index is 12.3. The minimum atomic E-state index is 0. The van der Waals surface area contributed by atoms with Crippen LogP contribution in [0.25, 0.3) is 0 Å². The number of hydrogen-bond donors (Lipinski definition) is 3. The minimum Gasteiger partial charge on any atom is -0.396 e. The molecule has 3 N–H and O–H groups in total. The third kappa shape index (κ3) is 6.62. The van der Waals surface area contributed by atoms with Gasteiger partial charge in [0.05, 0.1) is 13.2 Å². The fourth-order valence-electron chi connectivity index (χ4n) is 3.49. The molecule has 1 amide bonds. The van der Waals surface area contributed by atoms with E-state index in [2.05, 4.69) is 27.8 Å². The van der Waals surface area contributed by atoms with Gasteiger partial charge in [0.1, 0.15) is 0 Å². The van der Waals surface area contributed by atoms with Crippen molar-refractivity contribution in [3.05, 3.63) is 35.9 Å². The van der Waals surface area contributed by atoms with Gasteiger partial charge in [-0.3, -0.25) is 9.79 Å². The Bertz CT molecular complexity index is 649. The molecule has 7 heteroatoms. The van der Waals surface area contributed by atoms with Crippen LogP contribution < -0.4 is 10.6 Å². The van der Waals surface area contributed by atoms with Crippen LogP contribution in [0, 0.1) is 11.3 Å². The second-order valence-electron chi connectivity index (χ2n) is 7.88. The number of amides is 1. The number of nitrogens with one attached hydrogen (secondary N) is 2. The van der Waals surface area contributed by atoms with Gasteiger partial charge in [0.2, 0.25) is 5.91 Å². The smallest absolute Gasteiger partial charge is 0.223 e. The Hall–Kier alpha value is -1.35. The lowest BCUT2D eigenvalue weighted by molar-refractivity contribution is -0.127. The Morgan fingerprint density at radius 1 is 1.29 bits per heavy atom. The van der Waals surface area contributed by atoms with Gasteiger partial charge in [-0.15, -0.1) is 24.0 Å². The van der Waals surface area contributed by atoms with Gasteiger partial charge in [-0.1, -0.05) is 30.3 Å². The highest BCUT2D eigenvalue weighted by atomic mass is 127. The second-order valence-corrected chi connectivity index (χ2v) is 7.88. The number of carbonyl (C=O) groups excluding carboxylic acids is 1. The van der Waals surface area contributed by atoms with Crippen molar-refractivity contribution in [3.63, 3.8) is 0 Å². The van der Waals surface area contributed by atoms with Gasteiger partial charge in [0, 0.05) is 43.9 Å². The molecule has 2 aliphatic rings. The summed E-state index contributed by atoms with van der Waals surface area (Å²) in [5.74, 6) is 1.34. The fourth-order valence-corrected chi connectivity index (χ4v) is 3.49. The molecule has 1 aliphatic carbocycles. The first-order valence-corrected chi connectivity index (χ1v) is 10.1. The zero-order valence-electron chi connectivity index (χ0n) is 16.7. The van der Waals surface area contributed by atoms with Crippen molar-refractivity contribution in [1.82, 2.24) is 15.5 Å². The minimum absolute atomic E-state index is 0. The lowest BCUT2D eigenvalue weighted by Crippen LogP contribution is -2.40. The zero-order chi connectivity index (χ0) is 19.1. The summed E-state index contributed by atoms with van der Waals surface area (Å²) in [6.45, 7) is 6.04. The van der Waals surface area contributed by atoms with E-state index >= 15 is 0 Å². The van der Waals surface area contributed by atoms with Gasteiger partial charge in [0.15, 0.2) is 5.96 Å². The fraction of sp³-hybridized carbons (Fsp3) is 0.619. The number of benzene rings is 1. The predicted molar refractivity (Wildman–Crippen MR) is 123 cm³/mol. The molecular formula is C21H33IN4O2. The summed E-state index contributed by atoms with van der Waals surface area (Å²) in [5.41, 5.74) is 1.28. The molecule has 156 valence electrons. The van der Waals surface area contributed by atoms with Crippen molar-refractivity contribution in [2.75, 3.05) is 39.3 Å². The van der Waals surface area contributed by atoms with E-state index in [1.54, 1.807) is 0 Å². The molecule has 1 unspecified atom stereocenters. The van der Waals surface area contributed by atoms with Crippen LogP contribution >= 0.6 is 24.0 Å². The standard InChI is InChI=1S/C21H32N4O2.HI/c1-2-22-20(24-15-21(16-26)9-10-21)23-13-18-12-19(27)25(14-18)11-8-17-6-4-3-5-7-17;/h3-7,18,26H,2,8-16H2,1H3,(H2,22,23,24);1H. The van der Waals surface area contributed by atoms with Crippen molar-refractivity contribution in [1.29, 1.82) is 0 Å². The predicted octanol–water partition coefficient (Wildman–Crippen LogP) is 2.02. The molecule has 0 aromatic heterocycles. The van der Waals surface area contributed by atoms with Crippen molar-refractivity contribution in [2.45, 2.75) is 32.6 Å². The summed E-state index contributed by atoms with van der Waals surface area (Å²) in [6.07, 6.45) is 3.61. The van der Waals surface area contributed by atoms with Gasteiger partial charge in [-0.05, 0) is 31.7 Å². The van der Waals surface area contributed by atoms with Crippen molar-refractivity contribution in [3.8, 4) is 0 Å². The zero-order valence-corrected chi connectivity index (χ0v) is 19.0. The molecule has 1 atom stereocenters. The molecule has 6 nitrogen and oxygen atoms in total. The second kappa shape index (κ2) is 11.0. The Morgan fingerprint density at radius 3 is 2.68 bits per heavy atom. The lowest BCUT2D eigenvalue weighted by atomic mass is 10.1. The number of hydrogen-bond acceptors (Lipinski definition) is 3. The number of halogens is 1. The molecule has 3 rings (SSSR count). The molecule has 0 bridgehead atoms. The molecular weight excluding hydrogens is 467 g/mol. The van der Waals surface area contributed by atoms with E-state index in [1.165, 1.54) is 5.56 Å². The van der Waals surface area contributed by atoms with Gasteiger partial charge >= 0.3 is 0 Å². The van der Waals surface area contributed by atoms with E-state index in [1.807, 2.05) is 30.0 Å². The summed E-state index contributed by atoms with van der Waals surface area (Å²) >= 11 is 0. The molecule has 1 aromatic rings. The van der Waals surface area contributed by atoms with E-state index in [9.17, 15) is 9.90 Å². The molecule has 0 radical (unpaired) electrons. The van der Waals surface area contributed by atoms with E-state index in [-0.39, 0.29) is 41.9 Å². The Morgan fingerprint density at radius 2 is 2.04 bits per heavy atom. The van der Waals surface area contributed by atoms with E-state index < -0.39 is 0 Å². The van der Waals surface area contributed by atoms with Crippen LogP contribution in [-0.4, -0.2) is 61.2 Å². The molecule has 1 aliphatic heterocycles. The third-order valence-electron chi connectivity index (χ3n) is 5.58. The van der Waals surface area contributed by atoms with Crippen LogP contribution in [0.2, 0.25) is 0 Å². The number of aliphatic hydroxyl groups excluding tert-OH is 1. The van der Waals surface area contributed by atoms with Crippen LogP contribution in [0.3, 0.4) is 0 Å². The SMILES string of the molecule is CCNC(=NCC1(CO)CC1)NCC1CC(=O)N(CCc2ccccc2)C1.I. The first kappa shape index (κ1) is 22.9. The number of likely N-dealkylation sites (tertiary alicyclic amines) is 1. The summed E-state index contributed by atoms with van der Waals surface area (Å²) in [6, 6.07) is 10.3. The summed E-state index contributed by atoms with van der Waals surface area (Å²) in [5, 5.41) is 16.1. The average Bonchev–Trinajstić information content (AvgIpc) is 3.39. The number of aliphatic hydroxyl groups is 1. The molecule has 1 saturated heterocycles. The lowest BCUT2D eigenvalue weighted by Gasteiger charge is -2.18. The monoisotopic (exact) mass is 500 g/mol. The van der Waals surface area contributed by atoms with Crippen molar-refractivity contribution in [2.24, 2.45) is 16.3 Å². The number of aliphatic imine (C=N–C) groups is 1. The molecule has 1 heterocycles. The number of carbonyl (C=O) groups is 1. The van der Waals surface area contributed by atoms with E-state index in [0.717, 1.165) is 51.4 Å². The third-order valence-corrected chi connectivity index (χ3v) is 5.58. The topological polar surface area (TPSA) is 77.0 Å². The number of rotatable bonds is 9. The number of nitrogens with zero attached hydrogens (tertiary/aromatic N) is 2. The maximum Gasteiger partial charge on any atom is 0.223 e. The van der Waals surface area contributed by atoms with Crippen LogP contribution in [-0.2, 0) is 11.2 Å². The molecule has 28 heavy (non-hydrogen) atoms. The summed E-state index contributed by atoms with van der Waals surface area (Å²) < 4.78 is 0. The van der Waals surface area contributed by atoms with E-state index in [4.69, 9.17) is 0 Å². The Balaban J connectivity index is 0.00000280. The van der Waals surface area contributed by atoms with Crippen molar-refractivity contribution < 1.29 is 9.90 Å². The molecule has 0 spiro atoms. The molecule has 1 aromatic carbocycles. The highest BCUT2D eigenvalue weighted by Crippen LogP contribution is 2.45. The van der Waals surface area contributed by atoms with Gasteiger partial charge in [-0.25, -0.2) is 0 Å². The molecule has 1 saturated carbocycles. The Labute approximate surface area is 185 Å². The normalized spacial score (nSPS) is 20.6. The summed E-state index contributed by atoms with van der Waals surface area (Å²) in [4.78, 5) is 18.9. The van der Waals surface area contributed by atoms with Gasteiger partial charge in [0.25, 0.3) is 0 Å². The first-order valence-electron chi connectivity index (χ1n) is 10.1.